The molecule has 6 nitrogen and oxygen atoms in total. The van der Waals surface area contributed by atoms with Crippen LogP contribution in [-0.2, 0) is 4.79 Å². The molecule has 0 fully saturated rings. The summed E-state index contributed by atoms with van der Waals surface area (Å²) in [5.41, 5.74) is 10.3. The predicted molar refractivity (Wildman–Crippen MR) is 161 cm³/mol. The SMILES string of the molecule is CC(=O)Oc1c2nc(c(-c3ccccc3)c3ccc(cc4nc(c(-c5ccccc5)c5ccc1[nH]5)C=C4)[nH]3)C=C2. The number of aromatic nitrogens is 4. The molecule has 2 aromatic carbocycles. The monoisotopic (exact) mass is 520 g/mol. The molecule has 6 heteroatoms. The number of hydrogen-bond donors (Lipinski definition) is 2. The summed E-state index contributed by atoms with van der Waals surface area (Å²) in [7, 11) is 0. The van der Waals surface area contributed by atoms with Gasteiger partial charge in [0.2, 0.25) is 0 Å². The predicted octanol–water partition coefficient (Wildman–Crippen LogP) is 7.91. The van der Waals surface area contributed by atoms with Crippen LogP contribution < -0.4 is 4.74 Å². The molecule has 2 N–H and O–H groups in total. The number of ether oxygens (including phenoxy) is 1. The zero-order chi connectivity index (χ0) is 27.1. The van der Waals surface area contributed by atoms with Gasteiger partial charge in [0.1, 0.15) is 5.69 Å². The molecule has 40 heavy (non-hydrogen) atoms. The van der Waals surface area contributed by atoms with Gasteiger partial charge in [0.25, 0.3) is 0 Å². The van der Waals surface area contributed by atoms with E-state index in [1.807, 2.05) is 85.0 Å². The first kappa shape index (κ1) is 23.6. The molecule has 0 aliphatic carbocycles. The van der Waals surface area contributed by atoms with Crippen molar-refractivity contribution in [3.8, 4) is 28.0 Å². The van der Waals surface area contributed by atoms with E-state index in [4.69, 9.17) is 14.7 Å². The number of fused-ring (bicyclic) bond motifs is 8. The Balaban J connectivity index is 1.63. The van der Waals surface area contributed by atoms with E-state index in [9.17, 15) is 4.79 Å². The average molecular weight is 521 g/mol. The fourth-order valence-electron chi connectivity index (χ4n) is 5.18. The lowest BCUT2D eigenvalue weighted by atomic mass is 10.0. The normalized spacial score (nSPS) is 12.0. The van der Waals surface area contributed by atoms with E-state index >= 15 is 0 Å². The highest BCUT2D eigenvalue weighted by Gasteiger charge is 2.17. The van der Waals surface area contributed by atoms with E-state index in [-0.39, 0.29) is 0 Å². The largest absolute Gasteiger partial charge is 0.422 e. The molecule has 8 bridgehead atoms. The lowest BCUT2D eigenvalue weighted by Gasteiger charge is -2.05. The van der Waals surface area contributed by atoms with E-state index in [1.54, 1.807) is 0 Å². The van der Waals surface area contributed by atoms with Crippen molar-refractivity contribution in [2.75, 3.05) is 0 Å². The molecule has 0 saturated heterocycles. The van der Waals surface area contributed by atoms with Crippen molar-refractivity contribution in [1.82, 2.24) is 19.9 Å². The Bertz CT molecular complexity index is 1960. The number of rotatable bonds is 3. The molecule has 0 spiro atoms. The minimum Gasteiger partial charge on any atom is -0.422 e. The van der Waals surface area contributed by atoms with Gasteiger partial charge in [-0.05, 0) is 65.8 Å². The van der Waals surface area contributed by atoms with Gasteiger partial charge in [0.15, 0.2) is 5.75 Å². The summed E-state index contributed by atoms with van der Waals surface area (Å²) in [6, 6.07) is 30.3. The Morgan fingerprint density at radius 2 is 1.20 bits per heavy atom. The molecule has 5 heterocycles. The number of aromatic amines is 2. The van der Waals surface area contributed by atoms with Gasteiger partial charge < -0.3 is 14.7 Å². The standard InChI is InChI=1S/C34H24N4O2/c1-21(39)40-34-30-18-16-28(37-30)32(22-8-4-2-5-9-22)26-14-12-24(35-26)20-25-13-15-27(36-25)33(23-10-6-3-7-11-23)29-17-19-31(34)38-29/h2-20,35,38H,1H3. The maximum absolute atomic E-state index is 12.2. The molecule has 0 atom stereocenters. The van der Waals surface area contributed by atoms with Crippen molar-refractivity contribution >= 4 is 52.3 Å². The Morgan fingerprint density at radius 1 is 0.625 bits per heavy atom. The topological polar surface area (TPSA) is 83.7 Å². The molecule has 2 aliphatic heterocycles. The van der Waals surface area contributed by atoms with E-state index in [1.165, 1.54) is 6.92 Å². The second-order valence-corrected chi connectivity index (χ2v) is 9.63. The van der Waals surface area contributed by atoms with Crippen molar-refractivity contribution in [3.05, 3.63) is 114 Å². The van der Waals surface area contributed by atoms with Crippen LogP contribution in [0.1, 0.15) is 29.7 Å². The third-order valence-electron chi connectivity index (χ3n) is 6.90. The first-order valence-corrected chi connectivity index (χ1v) is 13.0. The van der Waals surface area contributed by atoms with Crippen LogP contribution in [0, 0.1) is 0 Å². The van der Waals surface area contributed by atoms with Crippen LogP contribution in [0.15, 0.2) is 91.0 Å². The smallest absolute Gasteiger partial charge is 0.308 e. The highest BCUT2D eigenvalue weighted by molar-refractivity contribution is 5.94. The Kier molecular flexibility index (Phi) is 5.71. The number of nitrogens with zero attached hydrogens (tertiary/aromatic N) is 2. The van der Waals surface area contributed by atoms with Crippen LogP contribution in [0.5, 0.6) is 5.75 Å². The van der Waals surface area contributed by atoms with Gasteiger partial charge in [-0.25, -0.2) is 9.97 Å². The average Bonchev–Trinajstić information content (AvgIpc) is 3.78. The second-order valence-electron chi connectivity index (χ2n) is 9.63. The van der Waals surface area contributed by atoms with Crippen LogP contribution in [0.25, 0.3) is 68.6 Å². The fourth-order valence-corrected chi connectivity index (χ4v) is 5.18. The van der Waals surface area contributed by atoms with E-state index in [0.29, 0.717) is 17.0 Å². The van der Waals surface area contributed by atoms with Gasteiger partial charge in [-0.1, -0.05) is 60.7 Å². The van der Waals surface area contributed by atoms with E-state index in [2.05, 4.69) is 40.3 Å². The quantitative estimate of drug-likeness (QED) is 0.232. The summed E-state index contributed by atoms with van der Waals surface area (Å²) in [5.74, 6) is -0.0508. The summed E-state index contributed by atoms with van der Waals surface area (Å²) in [6.45, 7) is 1.40. The lowest BCUT2D eigenvalue weighted by molar-refractivity contribution is -0.131. The Labute approximate surface area is 230 Å². The number of hydrogen-bond acceptors (Lipinski definition) is 4. The second kappa shape index (κ2) is 9.67. The number of H-pyrrole nitrogens is 2. The first-order valence-electron chi connectivity index (χ1n) is 13.0. The summed E-state index contributed by atoms with van der Waals surface area (Å²) in [5, 5.41) is 0. The molecule has 2 aliphatic rings. The molecule has 0 saturated carbocycles. The number of benzene rings is 2. The summed E-state index contributed by atoms with van der Waals surface area (Å²) < 4.78 is 5.77. The molecular formula is C34H24N4O2. The van der Waals surface area contributed by atoms with Crippen LogP contribution in [-0.4, -0.2) is 25.9 Å². The lowest BCUT2D eigenvalue weighted by Crippen LogP contribution is -2.03. The molecule has 0 amide bonds. The maximum atomic E-state index is 12.2. The van der Waals surface area contributed by atoms with Crippen LogP contribution in [0.4, 0.5) is 0 Å². The number of esters is 1. The highest BCUT2D eigenvalue weighted by Crippen LogP contribution is 2.35. The van der Waals surface area contributed by atoms with Crippen LogP contribution >= 0.6 is 0 Å². The van der Waals surface area contributed by atoms with Gasteiger partial charge in [-0.3, -0.25) is 4.79 Å². The van der Waals surface area contributed by atoms with Crippen LogP contribution in [0.2, 0.25) is 0 Å². The summed E-state index contributed by atoms with van der Waals surface area (Å²) in [6.07, 6.45) is 7.89. The molecule has 3 aromatic heterocycles. The maximum Gasteiger partial charge on any atom is 0.308 e. The minimum atomic E-state index is -0.420. The van der Waals surface area contributed by atoms with Crippen molar-refractivity contribution < 1.29 is 9.53 Å². The van der Waals surface area contributed by atoms with Crippen molar-refractivity contribution in [2.45, 2.75) is 6.92 Å². The third-order valence-corrected chi connectivity index (χ3v) is 6.90. The summed E-state index contributed by atoms with van der Waals surface area (Å²) >= 11 is 0. The van der Waals surface area contributed by atoms with Gasteiger partial charge in [-0.2, -0.15) is 0 Å². The zero-order valence-electron chi connectivity index (χ0n) is 21.7. The molecule has 0 unspecified atom stereocenters. The number of nitrogens with one attached hydrogen (secondary N) is 2. The van der Waals surface area contributed by atoms with Gasteiger partial charge in [0.05, 0.1) is 22.6 Å². The Hall–Kier alpha value is -5.49. The minimum absolute atomic E-state index is 0.369. The molecule has 5 aromatic rings. The Morgan fingerprint density at radius 3 is 1.90 bits per heavy atom. The first-order chi connectivity index (χ1) is 19.6. The molecular weight excluding hydrogens is 496 g/mol. The zero-order valence-corrected chi connectivity index (χ0v) is 21.7. The van der Waals surface area contributed by atoms with Crippen molar-refractivity contribution in [1.29, 1.82) is 0 Å². The summed E-state index contributed by atoms with van der Waals surface area (Å²) in [4.78, 5) is 29.2. The van der Waals surface area contributed by atoms with Crippen molar-refractivity contribution in [2.24, 2.45) is 0 Å². The molecule has 0 radical (unpaired) electrons. The number of carbonyl (C=O) groups is 1. The van der Waals surface area contributed by atoms with Crippen LogP contribution in [0.3, 0.4) is 0 Å². The van der Waals surface area contributed by atoms with Gasteiger partial charge >= 0.3 is 5.97 Å². The van der Waals surface area contributed by atoms with E-state index < -0.39 is 5.97 Å². The molecule has 7 rings (SSSR count). The highest BCUT2D eigenvalue weighted by atomic mass is 16.5. The number of carbonyl (C=O) groups excluding carboxylic acids is 1. The van der Waals surface area contributed by atoms with Gasteiger partial charge in [-0.15, -0.1) is 0 Å². The van der Waals surface area contributed by atoms with Crippen molar-refractivity contribution in [3.63, 3.8) is 0 Å². The fraction of sp³-hybridized carbons (Fsp3) is 0.0294. The third kappa shape index (κ3) is 4.31. The van der Waals surface area contributed by atoms with Gasteiger partial charge in [0, 0.05) is 34.6 Å². The van der Waals surface area contributed by atoms with E-state index in [0.717, 1.165) is 55.9 Å². The molecule has 192 valence electrons.